The summed E-state index contributed by atoms with van der Waals surface area (Å²) >= 11 is 6.06. The number of anilines is 1. The number of rotatable bonds is 5. The average molecular weight is 341 g/mol. The van der Waals surface area contributed by atoms with Gasteiger partial charge in [0.1, 0.15) is 12.7 Å². The standard InChI is InChI=1S/C19H17ClN2O2/c20-17-9-8-16(11-21)18(10-17)22(12-14-6-7-14)19(23)24-13-15-4-2-1-3-5-15/h1-5,8-10,14H,6-7,12-13H2. The molecule has 0 radical (unpaired) electrons. The summed E-state index contributed by atoms with van der Waals surface area (Å²) in [5, 5.41) is 9.81. The number of halogens is 1. The Bertz CT molecular complexity index is 767. The Labute approximate surface area is 146 Å². The minimum atomic E-state index is -0.454. The van der Waals surface area contributed by atoms with E-state index in [4.69, 9.17) is 16.3 Å². The van der Waals surface area contributed by atoms with E-state index in [0.717, 1.165) is 18.4 Å². The number of carbonyl (C=O) groups excluding carboxylic acids is 1. The first-order valence-corrected chi connectivity index (χ1v) is 8.23. The van der Waals surface area contributed by atoms with Gasteiger partial charge in [-0.25, -0.2) is 4.79 Å². The van der Waals surface area contributed by atoms with Gasteiger partial charge in [-0.1, -0.05) is 41.9 Å². The molecule has 4 nitrogen and oxygen atoms in total. The SMILES string of the molecule is N#Cc1ccc(Cl)cc1N(CC1CC1)C(=O)OCc1ccccc1. The molecule has 0 unspecified atom stereocenters. The molecule has 3 rings (SSSR count). The van der Waals surface area contributed by atoms with Crippen LogP contribution in [-0.2, 0) is 11.3 Å². The van der Waals surface area contributed by atoms with Crippen LogP contribution in [0.25, 0.3) is 0 Å². The number of nitriles is 1. The van der Waals surface area contributed by atoms with Crippen LogP contribution in [0.2, 0.25) is 5.02 Å². The molecule has 1 aliphatic carbocycles. The third-order valence-corrected chi connectivity index (χ3v) is 4.17. The Morgan fingerprint density at radius 2 is 2.00 bits per heavy atom. The molecule has 0 aliphatic heterocycles. The largest absolute Gasteiger partial charge is 0.444 e. The molecule has 5 heteroatoms. The van der Waals surface area contributed by atoms with Crippen LogP contribution in [0.4, 0.5) is 10.5 Å². The van der Waals surface area contributed by atoms with Gasteiger partial charge in [-0.3, -0.25) is 4.90 Å². The van der Waals surface area contributed by atoms with Crippen molar-refractivity contribution in [2.75, 3.05) is 11.4 Å². The molecule has 0 N–H and O–H groups in total. The first kappa shape index (κ1) is 16.4. The minimum Gasteiger partial charge on any atom is -0.444 e. The Morgan fingerprint density at radius 3 is 2.67 bits per heavy atom. The Balaban J connectivity index is 1.79. The third-order valence-electron chi connectivity index (χ3n) is 3.93. The van der Waals surface area contributed by atoms with Crippen molar-refractivity contribution in [1.82, 2.24) is 0 Å². The average Bonchev–Trinajstić information content (AvgIpc) is 3.42. The number of benzene rings is 2. The van der Waals surface area contributed by atoms with Gasteiger partial charge < -0.3 is 4.74 Å². The highest BCUT2D eigenvalue weighted by Gasteiger charge is 2.30. The van der Waals surface area contributed by atoms with Gasteiger partial charge in [0, 0.05) is 11.6 Å². The van der Waals surface area contributed by atoms with Crippen molar-refractivity contribution in [3.05, 3.63) is 64.7 Å². The van der Waals surface area contributed by atoms with Crippen LogP contribution in [0.5, 0.6) is 0 Å². The summed E-state index contributed by atoms with van der Waals surface area (Å²) in [4.78, 5) is 14.1. The maximum absolute atomic E-state index is 12.6. The molecule has 2 aromatic carbocycles. The van der Waals surface area contributed by atoms with Crippen LogP contribution in [-0.4, -0.2) is 12.6 Å². The van der Waals surface area contributed by atoms with Crippen molar-refractivity contribution in [1.29, 1.82) is 5.26 Å². The van der Waals surface area contributed by atoms with Crippen molar-refractivity contribution in [2.24, 2.45) is 5.92 Å². The fraction of sp³-hybridized carbons (Fsp3) is 0.263. The van der Waals surface area contributed by atoms with E-state index in [0.29, 0.717) is 28.7 Å². The first-order chi connectivity index (χ1) is 11.7. The monoisotopic (exact) mass is 340 g/mol. The number of hydrogen-bond acceptors (Lipinski definition) is 3. The minimum absolute atomic E-state index is 0.198. The predicted molar refractivity (Wildman–Crippen MR) is 92.9 cm³/mol. The molecule has 24 heavy (non-hydrogen) atoms. The van der Waals surface area contributed by atoms with E-state index in [9.17, 15) is 10.1 Å². The Morgan fingerprint density at radius 1 is 1.25 bits per heavy atom. The van der Waals surface area contributed by atoms with Gasteiger partial charge in [-0.15, -0.1) is 0 Å². The van der Waals surface area contributed by atoms with Crippen LogP contribution in [0.1, 0.15) is 24.0 Å². The predicted octanol–water partition coefficient (Wildman–Crippen LogP) is 4.76. The van der Waals surface area contributed by atoms with Crippen molar-refractivity contribution in [3.8, 4) is 6.07 Å². The van der Waals surface area contributed by atoms with E-state index in [1.54, 1.807) is 18.2 Å². The van der Waals surface area contributed by atoms with Gasteiger partial charge in [0.25, 0.3) is 0 Å². The molecule has 122 valence electrons. The van der Waals surface area contributed by atoms with Gasteiger partial charge >= 0.3 is 6.09 Å². The molecule has 1 amide bonds. The lowest BCUT2D eigenvalue weighted by atomic mass is 10.1. The number of nitrogens with zero attached hydrogens (tertiary/aromatic N) is 2. The quantitative estimate of drug-likeness (QED) is 0.788. The lowest BCUT2D eigenvalue weighted by Crippen LogP contribution is -2.34. The van der Waals surface area contributed by atoms with Crippen LogP contribution >= 0.6 is 11.6 Å². The molecule has 0 aromatic heterocycles. The molecule has 2 aromatic rings. The van der Waals surface area contributed by atoms with Crippen LogP contribution in [0.15, 0.2) is 48.5 Å². The maximum Gasteiger partial charge on any atom is 0.414 e. The zero-order chi connectivity index (χ0) is 16.9. The Hall–Kier alpha value is -2.51. The van der Waals surface area contributed by atoms with Gasteiger partial charge in [-0.05, 0) is 42.5 Å². The van der Waals surface area contributed by atoms with E-state index < -0.39 is 6.09 Å². The second-order valence-electron chi connectivity index (χ2n) is 5.87. The highest BCUT2D eigenvalue weighted by atomic mass is 35.5. The third kappa shape index (κ3) is 4.06. The molecule has 0 atom stereocenters. The second-order valence-corrected chi connectivity index (χ2v) is 6.30. The zero-order valence-corrected chi connectivity index (χ0v) is 13.9. The normalized spacial score (nSPS) is 13.2. The summed E-state index contributed by atoms with van der Waals surface area (Å²) in [7, 11) is 0. The zero-order valence-electron chi connectivity index (χ0n) is 13.1. The molecule has 1 saturated carbocycles. The van der Waals surface area contributed by atoms with E-state index in [2.05, 4.69) is 6.07 Å². The number of amides is 1. The van der Waals surface area contributed by atoms with Crippen LogP contribution in [0, 0.1) is 17.2 Å². The summed E-state index contributed by atoms with van der Waals surface area (Å²) in [5.74, 6) is 0.458. The second kappa shape index (κ2) is 7.37. The highest BCUT2D eigenvalue weighted by molar-refractivity contribution is 6.31. The number of ether oxygens (including phenoxy) is 1. The van der Waals surface area contributed by atoms with Crippen LogP contribution in [0.3, 0.4) is 0 Å². The molecule has 0 heterocycles. The molecule has 1 fully saturated rings. The van der Waals surface area contributed by atoms with Crippen molar-refractivity contribution in [3.63, 3.8) is 0 Å². The van der Waals surface area contributed by atoms with E-state index >= 15 is 0 Å². The van der Waals surface area contributed by atoms with Gasteiger partial charge in [-0.2, -0.15) is 5.26 Å². The van der Waals surface area contributed by atoms with Crippen molar-refractivity contribution < 1.29 is 9.53 Å². The number of hydrogen-bond donors (Lipinski definition) is 0. The Kier molecular flexibility index (Phi) is 5.02. The molecular formula is C19H17ClN2O2. The van der Waals surface area contributed by atoms with Gasteiger partial charge in [0.15, 0.2) is 0 Å². The summed E-state index contributed by atoms with van der Waals surface area (Å²) < 4.78 is 5.45. The fourth-order valence-electron chi connectivity index (χ4n) is 2.45. The lowest BCUT2D eigenvalue weighted by Gasteiger charge is -2.23. The smallest absolute Gasteiger partial charge is 0.414 e. The highest BCUT2D eigenvalue weighted by Crippen LogP contribution is 2.33. The maximum atomic E-state index is 12.6. The van der Waals surface area contributed by atoms with Crippen LogP contribution < -0.4 is 4.90 Å². The molecule has 0 saturated heterocycles. The van der Waals surface area contributed by atoms with Crippen molar-refractivity contribution in [2.45, 2.75) is 19.4 Å². The summed E-state index contributed by atoms with van der Waals surface area (Å²) in [6.45, 7) is 0.742. The van der Waals surface area contributed by atoms with Crippen molar-refractivity contribution >= 4 is 23.4 Å². The molecule has 0 spiro atoms. The van der Waals surface area contributed by atoms with E-state index in [-0.39, 0.29) is 6.61 Å². The van der Waals surface area contributed by atoms with Gasteiger partial charge in [0.05, 0.1) is 11.3 Å². The molecule has 0 bridgehead atoms. The molecular weight excluding hydrogens is 324 g/mol. The van der Waals surface area contributed by atoms with Gasteiger partial charge in [0.2, 0.25) is 0 Å². The van der Waals surface area contributed by atoms with E-state index in [1.165, 1.54) is 4.90 Å². The topological polar surface area (TPSA) is 53.3 Å². The fourth-order valence-corrected chi connectivity index (χ4v) is 2.62. The summed E-state index contributed by atoms with van der Waals surface area (Å²) in [6.07, 6.45) is 1.72. The first-order valence-electron chi connectivity index (χ1n) is 7.85. The summed E-state index contributed by atoms with van der Waals surface area (Å²) in [6, 6.07) is 16.5. The number of carbonyl (C=O) groups is 1. The van der Waals surface area contributed by atoms with E-state index in [1.807, 2.05) is 30.3 Å². The summed E-state index contributed by atoms with van der Waals surface area (Å²) in [5.41, 5.74) is 1.84. The lowest BCUT2D eigenvalue weighted by molar-refractivity contribution is 0.146. The molecule has 1 aliphatic rings.